The van der Waals surface area contributed by atoms with Crippen LogP contribution in [0.3, 0.4) is 0 Å². The highest BCUT2D eigenvalue weighted by atomic mass is 32.1. The molecule has 0 atom stereocenters. The van der Waals surface area contributed by atoms with Gasteiger partial charge in [0.05, 0.1) is 11.1 Å². The summed E-state index contributed by atoms with van der Waals surface area (Å²) >= 11 is 1.43. The number of rotatable bonds is 5. The van der Waals surface area contributed by atoms with Crippen LogP contribution in [0.25, 0.3) is 20.8 Å². The first-order valence-corrected chi connectivity index (χ1v) is 8.04. The predicted molar refractivity (Wildman–Crippen MR) is 94.2 cm³/mol. The van der Waals surface area contributed by atoms with Crippen LogP contribution in [0, 0.1) is 5.53 Å². The summed E-state index contributed by atoms with van der Waals surface area (Å²) < 4.78 is 0.883. The molecule has 0 fully saturated rings. The van der Waals surface area contributed by atoms with E-state index in [1.54, 1.807) is 6.07 Å². The lowest BCUT2D eigenvalue weighted by Gasteiger charge is -2.04. The normalized spacial score (nSPS) is 11.6. The van der Waals surface area contributed by atoms with Crippen LogP contribution in [0.15, 0.2) is 57.6 Å². The van der Waals surface area contributed by atoms with Gasteiger partial charge in [-0.25, -0.2) is 0 Å². The largest absolute Gasteiger partial charge is 0.386 e. The SMILES string of the molecule is N=N/N=C(\N)CCc1cccc(-c2nc(=O)c3ccccc3s2)n1. The van der Waals surface area contributed by atoms with Crippen LogP contribution in [0.1, 0.15) is 12.1 Å². The molecule has 2 heterocycles. The third kappa shape index (κ3) is 3.49. The molecule has 1 aromatic carbocycles. The minimum absolute atomic E-state index is 0.250. The molecule has 0 saturated heterocycles. The summed E-state index contributed by atoms with van der Waals surface area (Å²) in [6, 6.07) is 13.0. The number of amidine groups is 1. The highest BCUT2D eigenvalue weighted by Crippen LogP contribution is 2.24. The number of benzene rings is 1. The van der Waals surface area contributed by atoms with Gasteiger partial charge < -0.3 is 5.73 Å². The van der Waals surface area contributed by atoms with Crippen LogP contribution >= 0.6 is 11.3 Å². The summed E-state index contributed by atoms with van der Waals surface area (Å²) in [5.41, 5.74) is 13.5. The Kier molecular flexibility index (Phi) is 4.66. The molecule has 3 aromatic rings. The Bertz CT molecular complexity index is 981. The fourth-order valence-corrected chi connectivity index (χ4v) is 3.20. The molecule has 7 nitrogen and oxygen atoms in total. The molecule has 3 rings (SSSR count). The Morgan fingerprint density at radius 2 is 2.00 bits per heavy atom. The number of fused-ring (bicyclic) bond motifs is 1. The number of hydrogen-bond acceptors (Lipinski definition) is 6. The first kappa shape index (κ1) is 15.9. The smallest absolute Gasteiger partial charge is 0.279 e. The summed E-state index contributed by atoms with van der Waals surface area (Å²) in [7, 11) is 0. The predicted octanol–water partition coefficient (Wildman–Crippen LogP) is 2.95. The maximum Gasteiger partial charge on any atom is 0.279 e. The van der Waals surface area contributed by atoms with E-state index in [1.807, 2.05) is 36.4 Å². The summed E-state index contributed by atoms with van der Waals surface area (Å²) in [5.74, 6) is 0.283. The van der Waals surface area contributed by atoms with Gasteiger partial charge in [0.1, 0.15) is 10.8 Å². The van der Waals surface area contributed by atoms with Gasteiger partial charge in [-0.2, -0.15) is 10.5 Å². The number of hydrogen-bond donors (Lipinski definition) is 2. The van der Waals surface area contributed by atoms with Crippen LogP contribution in [0.5, 0.6) is 0 Å². The Balaban J connectivity index is 1.93. The summed E-state index contributed by atoms with van der Waals surface area (Å²) in [4.78, 5) is 20.8. The van der Waals surface area contributed by atoms with Gasteiger partial charge >= 0.3 is 0 Å². The molecule has 120 valence electrons. The van der Waals surface area contributed by atoms with Crippen LogP contribution in [0.4, 0.5) is 0 Å². The van der Waals surface area contributed by atoms with Gasteiger partial charge in [-0.1, -0.05) is 23.4 Å². The number of aromatic nitrogens is 2. The topological polar surface area (TPSA) is 117 Å². The van der Waals surface area contributed by atoms with E-state index in [2.05, 4.69) is 20.3 Å². The zero-order valence-electron chi connectivity index (χ0n) is 12.6. The van der Waals surface area contributed by atoms with Crippen LogP contribution in [0.2, 0.25) is 0 Å². The molecule has 8 heteroatoms. The number of nitrogens with zero attached hydrogens (tertiary/aromatic N) is 4. The average Bonchev–Trinajstić information content (AvgIpc) is 2.60. The molecule has 0 saturated carbocycles. The van der Waals surface area contributed by atoms with Gasteiger partial charge in [0.2, 0.25) is 0 Å². The average molecular weight is 338 g/mol. The first-order chi connectivity index (χ1) is 11.7. The summed E-state index contributed by atoms with van der Waals surface area (Å²) in [5, 5.41) is 7.58. The molecular weight excluding hydrogens is 324 g/mol. The van der Waals surface area contributed by atoms with Crippen molar-refractivity contribution in [1.82, 2.24) is 9.97 Å². The van der Waals surface area contributed by atoms with E-state index in [0.29, 0.717) is 28.9 Å². The molecule has 2 aromatic heterocycles. The molecule has 0 aliphatic rings. The van der Waals surface area contributed by atoms with Crippen molar-refractivity contribution in [2.45, 2.75) is 12.8 Å². The maximum atomic E-state index is 12.2. The van der Waals surface area contributed by atoms with E-state index >= 15 is 0 Å². The Labute approximate surface area is 141 Å². The standard InChI is InChI=1S/C16H14N6OS/c17-14(21-22-18)9-8-10-4-3-6-12(19-10)16-20-15(23)11-5-1-2-7-13(11)24-16/h1-7H,8-9H2,(H3,17,18,21). The highest BCUT2D eigenvalue weighted by Gasteiger charge is 2.08. The van der Waals surface area contributed by atoms with Crippen LogP contribution in [-0.2, 0) is 6.42 Å². The Morgan fingerprint density at radius 1 is 1.17 bits per heavy atom. The van der Waals surface area contributed by atoms with E-state index in [9.17, 15) is 4.79 Å². The number of pyridine rings is 1. The second-order valence-electron chi connectivity index (χ2n) is 5.03. The molecule has 0 aliphatic heterocycles. The fraction of sp³-hybridized carbons (Fsp3) is 0.125. The third-order valence-electron chi connectivity index (χ3n) is 3.37. The molecule has 3 N–H and O–H groups in total. The van der Waals surface area contributed by atoms with Crippen molar-refractivity contribution < 1.29 is 0 Å². The lowest BCUT2D eigenvalue weighted by Crippen LogP contribution is -2.12. The third-order valence-corrected chi connectivity index (χ3v) is 4.44. The Morgan fingerprint density at radius 3 is 2.83 bits per heavy atom. The van der Waals surface area contributed by atoms with Gasteiger partial charge in [0.15, 0.2) is 0 Å². The van der Waals surface area contributed by atoms with Gasteiger partial charge in [0, 0.05) is 16.8 Å². The minimum Gasteiger partial charge on any atom is -0.386 e. The molecule has 0 spiro atoms. The van der Waals surface area contributed by atoms with Crippen molar-refractivity contribution in [2.24, 2.45) is 16.1 Å². The van der Waals surface area contributed by atoms with Crippen molar-refractivity contribution >= 4 is 27.3 Å². The van der Waals surface area contributed by atoms with E-state index in [1.165, 1.54) is 11.3 Å². The summed E-state index contributed by atoms with van der Waals surface area (Å²) in [6.45, 7) is 0. The number of nitrogens with one attached hydrogen (secondary N) is 1. The molecule has 24 heavy (non-hydrogen) atoms. The number of nitrogens with two attached hydrogens (primary N) is 1. The van der Waals surface area contributed by atoms with Gasteiger partial charge in [-0.3, -0.25) is 9.78 Å². The number of aryl methyl sites for hydroxylation is 1. The minimum atomic E-state index is -0.250. The molecular formula is C16H14N6OS. The fourth-order valence-electron chi connectivity index (χ4n) is 2.23. The monoisotopic (exact) mass is 338 g/mol. The van der Waals surface area contributed by atoms with Crippen molar-refractivity contribution in [3.8, 4) is 10.7 Å². The van der Waals surface area contributed by atoms with Crippen molar-refractivity contribution in [2.75, 3.05) is 0 Å². The van der Waals surface area contributed by atoms with Gasteiger partial charge in [-0.15, -0.1) is 16.4 Å². The van der Waals surface area contributed by atoms with Crippen LogP contribution in [-0.4, -0.2) is 15.8 Å². The second-order valence-corrected chi connectivity index (χ2v) is 6.06. The molecule has 0 radical (unpaired) electrons. The zero-order valence-corrected chi connectivity index (χ0v) is 13.5. The van der Waals surface area contributed by atoms with Crippen LogP contribution < -0.4 is 11.3 Å². The van der Waals surface area contributed by atoms with Crippen molar-refractivity contribution in [3.05, 3.63) is 58.5 Å². The van der Waals surface area contributed by atoms with E-state index < -0.39 is 0 Å². The second kappa shape index (κ2) is 7.05. The maximum absolute atomic E-state index is 12.2. The zero-order chi connectivity index (χ0) is 16.9. The lowest BCUT2D eigenvalue weighted by atomic mass is 10.2. The first-order valence-electron chi connectivity index (χ1n) is 7.22. The molecule has 0 bridgehead atoms. The molecule has 0 amide bonds. The Hall–Kier alpha value is -3.00. The van der Waals surface area contributed by atoms with E-state index in [0.717, 1.165) is 10.4 Å². The lowest BCUT2D eigenvalue weighted by molar-refractivity contribution is 0.927. The highest BCUT2D eigenvalue weighted by molar-refractivity contribution is 7.21. The van der Waals surface area contributed by atoms with Gasteiger partial charge in [-0.05, 0) is 30.7 Å². The van der Waals surface area contributed by atoms with E-state index in [4.69, 9.17) is 11.3 Å². The molecule has 0 aliphatic carbocycles. The quantitative estimate of drug-likeness (QED) is 0.322. The summed E-state index contributed by atoms with van der Waals surface area (Å²) in [6.07, 6.45) is 1.03. The van der Waals surface area contributed by atoms with Crippen molar-refractivity contribution in [1.29, 1.82) is 5.53 Å². The van der Waals surface area contributed by atoms with Crippen molar-refractivity contribution in [3.63, 3.8) is 0 Å². The molecule has 0 unspecified atom stereocenters. The van der Waals surface area contributed by atoms with Gasteiger partial charge in [0.25, 0.3) is 5.56 Å². The van der Waals surface area contributed by atoms with E-state index in [-0.39, 0.29) is 11.4 Å².